The van der Waals surface area contributed by atoms with Gasteiger partial charge in [0.25, 0.3) is 5.91 Å². The van der Waals surface area contributed by atoms with Gasteiger partial charge in [-0.05, 0) is 120 Å². The molecule has 0 aromatic rings. The smallest absolute Gasteiger partial charge is 0.259 e. The highest BCUT2D eigenvalue weighted by Gasteiger charge is 2.85. The zero-order valence-corrected chi connectivity index (χ0v) is 35.1. The Morgan fingerprint density at radius 2 is 1.38 bits per heavy atom. The molecule has 2 heterocycles. The highest BCUT2D eigenvalue weighted by atomic mass is 32.2. The molecular formula is C41H66N6O7S. The van der Waals surface area contributed by atoms with Crippen LogP contribution < -0.4 is 20.7 Å². The van der Waals surface area contributed by atoms with E-state index in [1.807, 2.05) is 34.6 Å². The van der Waals surface area contributed by atoms with E-state index in [-0.39, 0.29) is 39.9 Å². The van der Waals surface area contributed by atoms with E-state index < -0.39 is 61.7 Å². The third kappa shape index (κ3) is 6.80. The molecule has 4 atom stereocenters. The summed E-state index contributed by atoms with van der Waals surface area (Å²) < 4.78 is 27.5. The van der Waals surface area contributed by atoms with Crippen molar-refractivity contribution < 1.29 is 32.4 Å². The standard InChI is InChI=1S/C41H66N6O7S/c1-36(2,3)30(43-32(49)29(26-14-9-8-10-15-26)42-34(51)37(4,5)46-22-11-12-23-46)33(50)47-25-41(38(6,7)40(41)18-13-19-40)24-28(47)31(48)44-39(20-21-39)35(52)45-55(53,54)27-16-17-27/h26-30H,8-25H2,1-7H3,(H,42,51)(H,43,49)(H,44,48)(H,45,52)/t28-,29-,30+,41+/m0/s1. The number of hydrogen-bond acceptors (Lipinski definition) is 8. The Labute approximate surface area is 328 Å². The fourth-order valence-corrected chi connectivity index (χ4v) is 12.6. The Morgan fingerprint density at radius 1 is 0.764 bits per heavy atom. The van der Waals surface area contributed by atoms with Crippen LogP contribution >= 0.6 is 0 Å². The van der Waals surface area contributed by atoms with Gasteiger partial charge in [-0.15, -0.1) is 0 Å². The molecule has 14 heteroatoms. The lowest BCUT2D eigenvalue weighted by atomic mass is 9.73. The normalized spacial score (nSPS) is 29.6. The van der Waals surface area contributed by atoms with E-state index in [4.69, 9.17) is 0 Å². The quantitative estimate of drug-likeness (QED) is 0.233. The van der Waals surface area contributed by atoms with Crippen molar-refractivity contribution >= 4 is 39.6 Å². The van der Waals surface area contributed by atoms with Gasteiger partial charge in [-0.2, -0.15) is 0 Å². The van der Waals surface area contributed by atoms with Gasteiger partial charge in [0.05, 0.1) is 10.8 Å². The predicted molar refractivity (Wildman–Crippen MR) is 208 cm³/mol. The topological polar surface area (TPSA) is 174 Å². The van der Waals surface area contributed by atoms with E-state index in [9.17, 15) is 27.6 Å². The van der Waals surface area contributed by atoms with Gasteiger partial charge in [0.2, 0.25) is 33.7 Å². The van der Waals surface area contributed by atoms with Crippen LogP contribution in [-0.2, 0) is 34.0 Å². The van der Waals surface area contributed by atoms with Crippen molar-refractivity contribution in [2.75, 3.05) is 19.6 Å². The molecule has 0 aromatic heterocycles. The minimum absolute atomic E-state index is 0.0134. The highest BCUT2D eigenvalue weighted by molar-refractivity contribution is 7.91. The first-order valence-electron chi connectivity index (χ1n) is 21.2. The maximum Gasteiger partial charge on any atom is 0.259 e. The largest absolute Gasteiger partial charge is 0.342 e. The molecule has 7 aliphatic rings. The van der Waals surface area contributed by atoms with Crippen molar-refractivity contribution in [2.45, 2.75) is 179 Å². The molecule has 5 saturated carbocycles. The first-order valence-corrected chi connectivity index (χ1v) is 22.7. The monoisotopic (exact) mass is 786 g/mol. The van der Waals surface area contributed by atoms with E-state index in [0.717, 1.165) is 77.3 Å². The van der Waals surface area contributed by atoms with E-state index in [1.54, 1.807) is 4.90 Å². The lowest BCUT2D eigenvalue weighted by Crippen LogP contribution is -2.64. The Kier molecular flexibility index (Phi) is 10.1. The summed E-state index contributed by atoms with van der Waals surface area (Å²) in [5.74, 6) is -2.17. The molecule has 2 saturated heterocycles. The Hall–Kier alpha value is -2.74. The van der Waals surface area contributed by atoms with Crippen LogP contribution in [0.1, 0.15) is 145 Å². The Morgan fingerprint density at radius 3 is 1.89 bits per heavy atom. The average molecular weight is 787 g/mol. The minimum Gasteiger partial charge on any atom is -0.342 e. The lowest BCUT2D eigenvalue weighted by molar-refractivity contribution is -0.145. The number of rotatable bonds is 12. The first-order chi connectivity index (χ1) is 25.6. The molecule has 0 aromatic carbocycles. The maximum absolute atomic E-state index is 15.1. The third-order valence-corrected chi connectivity index (χ3v) is 17.5. The van der Waals surface area contributed by atoms with E-state index in [1.165, 1.54) is 0 Å². The fourth-order valence-electron chi connectivity index (χ4n) is 11.3. The molecule has 5 amide bonds. The van der Waals surface area contributed by atoms with Crippen LogP contribution in [0.4, 0.5) is 0 Å². The number of amides is 5. The number of nitrogens with zero attached hydrogens (tertiary/aromatic N) is 2. The van der Waals surface area contributed by atoms with Crippen LogP contribution in [0.25, 0.3) is 0 Å². The van der Waals surface area contributed by atoms with E-state index in [2.05, 4.69) is 39.4 Å². The van der Waals surface area contributed by atoms with Crippen LogP contribution in [0.2, 0.25) is 0 Å². The number of likely N-dealkylation sites (tertiary alicyclic amines) is 2. The maximum atomic E-state index is 15.1. The molecule has 55 heavy (non-hydrogen) atoms. The van der Waals surface area contributed by atoms with Gasteiger partial charge in [0.1, 0.15) is 23.7 Å². The van der Waals surface area contributed by atoms with Gasteiger partial charge in [-0.3, -0.25) is 33.6 Å². The molecule has 2 spiro atoms. The van der Waals surface area contributed by atoms with E-state index >= 15 is 4.79 Å². The number of nitrogens with one attached hydrogen (secondary N) is 4. The summed E-state index contributed by atoms with van der Waals surface area (Å²) in [5.41, 5.74) is -3.27. The second kappa shape index (κ2) is 13.7. The molecule has 7 fully saturated rings. The molecule has 0 bridgehead atoms. The van der Waals surface area contributed by atoms with Gasteiger partial charge < -0.3 is 20.9 Å². The molecule has 4 N–H and O–H groups in total. The fraction of sp³-hybridized carbons (Fsp3) is 0.878. The van der Waals surface area contributed by atoms with Crippen LogP contribution in [0.15, 0.2) is 0 Å². The molecule has 7 rings (SSSR count). The van der Waals surface area contributed by atoms with Gasteiger partial charge >= 0.3 is 0 Å². The highest BCUT2D eigenvalue weighted by Crippen LogP contribution is 2.88. The van der Waals surface area contributed by atoms with Crippen molar-refractivity contribution in [3.63, 3.8) is 0 Å². The number of hydrogen-bond donors (Lipinski definition) is 4. The number of carbonyl (C=O) groups excluding carboxylic acids is 5. The lowest BCUT2D eigenvalue weighted by Gasteiger charge is -2.39. The average Bonchev–Trinajstić information content (AvgIpc) is 4.04. The number of sulfonamides is 1. The van der Waals surface area contributed by atoms with Gasteiger partial charge in [-0.1, -0.05) is 60.3 Å². The zero-order valence-electron chi connectivity index (χ0n) is 34.3. The molecular weight excluding hydrogens is 721 g/mol. The molecule has 0 radical (unpaired) electrons. The molecule has 0 unspecified atom stereocenters. The summed E-state index contributed by atoms with van der Waals surface area (Å²) in [4.78, 5) is 75.2. The van der Waals surface area contributed by atoms with Crippen molar-refractivity contribution in [1.82, 2.24) is 30.5 Å². The molecule has 308 valence electrons. The summed E-state index contributed by atoms with van der Waals surface area (Å²) >= 11 is 0. The second-order valence-corrected chi connectivity index (χ2v) is 22.4. The van der Waals surface area contributed by atoms with Crippen LogP contribution in [-0.4, -0.2) is 102 Å². The minimum atomic E-state index is -3.80. The SMILES string of the molecule is CC(C)(C)[C@H](NC(=O)[C@@H](NC(=O)C(C)(C)N1CCCC1)C1CCCCC1)C(=O)N1C[C@]2(C[C@H]1C(=O)NC1(C(=O)NS(=O)(=O)C3CC3)CC1)C(C)(C)C21CCC1. The number of carbonyl (C=O) groups is 5. The molecule has 2 aliphatic heterocycles. The summed E-state index contributed by atoms with van der Waals surface area (Å²) in [5, 5.41) is 8.64. The first kappa shape index (κ1) is 40.5. The zero-order chi connectivity index (χ0) is 40.0. The Bertz CT molecular complexity index is 1700. The van der Waals surface area contributed by atoms with Crippen molar-refractivity contribution in [3.05, 3.63) is 0 Å². The van der Waals surface area contributed by atoms with Gasteiger partial charge in [0.15, 0.2) is 0 Å². The summed E-state index contributed by atoms with van der Waals surface area (Å²) in [7, 11) is -3.80. The third-order valence-electron chi connectivity index (χ3n) is 15.7. The van der Waals surface area contributed by atoms with Gasteiger partial charge in [-0.25, -0.2) is 8.42 Å². The molecule has 13 nitrogen and oxygen atoms in total. The van der Waals surface area contributed by atoms with Crippen LogP contribution in [0.3, 0.4) is 0 Å². The number of fused-ring (bicyclic) bond motifs is 1. The van der Waals surface area contributed by atoms with Crippen LogP contribution in [0, 0.1) is 27.6 Å². The summed E-state index contributed by atoms with van der Waals surface area (Å²) in [6.07, 6.45) is 11.9. The second-order valence-electron chi connectivity index (χ2n) is 20.5. The van der Waals surface area contributed by atoms with E-state index in [0.29, 0.717) is 38.6 Å². The summed E-state index contributed by atoms with van der Waals surface area (Å²) in [6.45, 7) is 16.0. The summed E-state index contributed by atoms with van der Waals surface area (Å²) in [6, 6.07) is -2.70. The van der Waals surface area contributed by atoms with Crippen LogP contribution in [0.5, 0.6) is 0 Å². The Balaban J connectivity index is 1.14. The molecule has 5 aliphatic carbocycles. The van der Waals surface area contributed by atoms with Crippen molar-refractivity contribution in [3.8, 4) is 0 Å². The predicted octanol–water partition coefficient (Wildman–Crippen LogP) is 3.51. The van der Waals surface area contributed by atoms with Crippen molar-refractivity contribution in [2.24, 2.45) is 27.6 Å². The van der Waals surface area contributed by atoms with Crippen molar-refractivity contribution in [1.29, 1.82) is 0 Å². The van der Waals surface area contributed by atoms with Gasteiger partial charge in [0, 0.05) is 12.0 Å².